The Morgan fingerprint density at radius 3 is 1.88 bits per heavy atom. The fourth-order valence-electron chi connectivity index (χ4n) is 0.914. The third-order valence-electron chi connectivity index (χ3n) is 2.11. The van der Waals surface area contributed by atoms with Crippen molar-refractivity contribution < 1.29 is 31.1 Å². The molecule has 0 radical (unpaired) electrons. The van der Waals surface area contributed by atoms with Crippen molar-refractivity contribution in [3.05, 3.63) is 0 Å². The van der Waals surface area contributed by atoms with Crippen LogP contribution in [0.25, 0.3) is 0 Å². The van der Waals surface area contributed by atoms with E-state index in [-0.39, 0.29) is 0 Å². The lowest BCUT2D eigenvalue weighted by atomic mass is 10.0. The number of halogens is 6. The molecule has 0 aliphatic rings. The number of amides is 1. The Hall–Kier alpha value is -0.990. The Morgan fingerprint density at radius 1 is 1.18 bits per heavy atom. The van der Waals surface area contributed by atoms with Crippen LogP contribution >= 0.6 is 0 Å². The molecule has 17 heavy (non-hydrogen) atoms. The number of likely N-dealkylation sites (N-methyl/N-ethyl adjacent to an activating group) is 1. The van der Waals surface area contributed by atoms with Crippen LogP contribution in [-0.2, 0) is 4.79 Å². The first-order valence-electron chi connectivity index (χ1n) is 4.47. The highest BCUT2D eigenvalue weighted by atomic mass is 19.4. The first kappa shape index (κ1) is 16.0. The number of carbonyl (C=O) groups is 1. The minimum absolute atomic E-state index is 0.320. The zero-order valence-corrected chi connectivity index (χ0v) is 9.11. The summed E-state index contributed by atoms with van der Waals surface area (Å²) in [4.78, 5) is 11.6. The van der Waals surface area contributed by atoms with Crippen LogP contribution in [0.3, 0.4) is 0 Å². The summed E-state index contributed by atoms with van der Waals surface area (Å²) in [5.41, 5.74) is 1.59. The number of alkyl halides is 6. The van der Waals surface area contributed by atoms with Gasteiger partial charge in [0.2, 0.25) is 0 Å². The van der Waals surface area contributed by atoms with Gasteiger partial charge < -0.3 is 10.6 Å². The summed E-state index contributed by atoms with van der Waals surface area (Å²) in [5.74, 6) is -1.60. The Balaban J connectivity index is 4.62. The van der Waals surface area contributed by atoms with Gasteiger partial charge in [-0.15, -0.1) is 0 Å². The van der Waals surface area contributed by atoms with Crippen LogP contribution in [0.1, 0.15) is 13.3 Å². The molecule has 0 aromatic carbocycles. The van der Waals surface area contributed by atoms with Crippen molar-refractivity contribution in [3.63, 3.8) is 0 Å². The predicted molar refractivity (Wildman–Crippen MR) is 47.0 cm³/mol. The molecule has 2 N–H and O–H groups in total. The number of carbonyl (C=O) groups excluding carboxylic acids is 1. The Morgan fingerprint density at radius 2 is 1.59 bits per heavy atom. The quantitative estimate of drug-likeness (QED) is 0.790. The standard InChI is InChI=1S/C8H12F6N2O/c1-6(15,8(12,13)14)5(17)16(2)4-3-7(9,10)11/h3-4,15H2,1-2H3. The molecule has 0 aliphatic heterocycles. The second-order valence-corrected chi connectivity index (χ2v) is 3.79. The van der Waals surface area contributed by atoms with E-state index in [1.54, 1.807) is 0 Å². The summed E-state index contributed by atoms with van der Waals surface area (Å²) in [6.45, 7) is -0.454. The molecule has 3 nitrogen and oxygen atoms in total. The first-order chi connectivity index (χ1) is 7.29. The third-order valence-corrected chi connectivity index (χ3v) is 2.11. The fourth-order valence-corrected chi connectivity index (χ4v) is 0.914. The molecule has 9 heteroatoms. The van der Waals surface area contributed by atoms with Crippen molar-refractivity contribution in [2.24, 2.45) is 5.73 Å². The summed E-state index contributed by atoms with van der Waals surface area (Å²) in [6.07, 6.45) is -10.9. The molecule has 0 fully saturated rings. The van der Waals surface area contributed by atoms with Gasteiger partial charge in [0.05, 0.1) is 6.42 Å². The van der Waals surface area contributed by atoms with E-state index in [4.69, 9.17) is 5.73 Å². The monoisotopic (exact) mass is 266 g/mol. The molecule has 0 aromatic rings. The van der Waals surface area contributed by atoms with Crippen LogP contribution in [0.2, 0.25) is 0 Å². The first-order valence-corrected chi connectivity index (χ1v) is 4.47. The van der Waals surface area contributed by atoms with Gasteiger partial charge in [-0.3, -0.25) is 4.79 Å². The molecule has 102 valence electrons. The molecule has 0 aliphatic carbocycles. The molecule has 0 heterocycles. The largest absolute Gasteiger partial charge is 0.415 e. The van der Waals surface area contributed by atoms with Crippen molar-refractivity contribution in [3.8, 4) is 0 Å². The molecular weight excluding hydrogens is 254 g/mol. The average Bonchev–Trinajstić information content (AvgIpc) is 2.09. The third kappa shape index (κ3) is 4.41. The SMILES string of the molecule is CN(CCC(F)(F)F)C(=O)C(C)(N)C(F)(F)F. The van der Waals surface area contributed by atoms with Gasteiger partial charge in [-0.25, -0.2) is 0 Å². The van der Waals surface area contributed by atoms with E-state index in [1.165, 1.54) is 0 Å². The van der Waals surface area contributed by atoms with Gasteiger partial charge in [0.1, 0.15) is 0 Å². The molecule has 1 unspecified atom stereocenters. The summed E-state index contributed by atoms with van der Waals surface area (Å²) in [7, 11) is 0.838. The van der Waals surface area contributed by atoms with Crippen LogP contribution in [0.4, 0.5) is 26.3 Å². The molecular formula is C8H12F6N2O. The maximum atomic E-state index is 12.3. The van der Waals surface area contributed by atoms with Crippen LogP contribution in [0.5, 0.6) is 0 Å². The predicted octanol–water partition coefficient (Wildman–Crippen LogP) is 1.68. The Bertz CT molecular complexity index is 283. The maximum absolute atomic E-state index is 12.3. The van der Waals surface area contributed by atoms with E-state index < -0.39 is 36.8 Å². The van der Waals surface area contributed by atoms with Crippen molar-refractivity contribution in [2.45, 2.75) is 31.2 Å². The zero-order valence-electron chi connectivity index (χ0n) is 9.11. The van der Waals surface area contributed by atoms with Gasteiger partial charge in [-0.05, 0) is 6.92 Å². The van der Waals surface area contributed by atoms with Crippen molar-refractivity contribution in [1.29, 1.82) is 0 Å². The van der Waals surface area contributed by atoms with Gasteiger partial charge >= 0.3 is 12.4 Å². The second kappa shape index (κ2) is 4.71. The van der Waals surface area contributed by atoms with Crippen molar-refractivity contribution in [2.75, 3.05) is 13.6 Å². The molecule has 1 amide bonds. The Labute approximate surface area is 93.5 Å². The van der Waals surface area contributed by atoms with Gasteiger partial charge in [-0.2, -0.15) is 26.3 Å². The lowest BCUT2D eigenvalue weighted by Crippen LogP contribution is -2.61. The fraction of sp³-hybridized carbons (Fsp3) is 0.875. The molecule has 0 spiro atoms. The number of nitrogens with two attached hydrogens (primary N) is 1. The average molecular weight is 266 g/mol. The van der Waals surface area contributed by atoms with Crippen LogP contribution in [0.15, 0.2) is 0 Å². The van der Waals surface area contributed by atoms with Crippen LogP contribution in [0, 0.1) is 0 Å². The topological polar surface area (TPSA) is 46.3 Å². The summed E-state index contributed by atoms with van der Waals surface area (Å²) < 4.78 is 72.4. The number of rotatable bonds is 3. The van der Waals surface area contributed by atoms with Gasteiger partial charge in [-0.1, -0.05) is 0 Å². The van der Waals surface area contributed by atoms with E-state index in [0.29, 0.717) is 11.8 Å². The van der Waals surface area contributed by atoms with Crippen LogP contribution in [-0.4, -0.2) is 42.3 Å². The van der Waals surface area contributed by atoms with Crippen LogP contribution < -0.4 is 5.73 Å². The minimum Gasteiger partial charge on any atom is -0.344 e. The van der Waals surface area contributed by atoms with E-state index in [2.05, 4.69) is 0 Å². The lowest BCUT2D eigenvalue weighted by molar-refractivity contribution is -0.194. The molecule has 0 saturated heterocycles. The normalized spacial score (nSPS) is 16.5. The van der Waals surface area contributed by atoms with E-state index in [1.807, 2.05) is 0 Å². The number of hydrogen-bond acceptors (Lipinski definition) is 2. The highest BCUT2D eigenvalue weighted by Crippen LogP contribution is 2.29. The summed E-state index contributed by atoms with van der Waals surface area (Å²) in [6, 6.07) is 0. The van der Waals surface area contributed by atoms with Crippen molar-refractivity contribution in [1.82, 2.24) is 4.90 Å². The maximum Gasteiger partial charge on any atom is 0.415 e. The van der Waals surface area contributed by atoms with E-state index in [0.717, 1.165) is 7.05 Å². The second-order valence-electron chi connectivity index (χ2n) is 3.79. The lowest BCUT2D eigenvalue weighted by Gasteiger charge is -2.31. The van der Waals surface area contributed by atoms with E-state index >= 15 is 0 Å². The van der Waals surface area contributed by atoms with Gasteiger partial charge in [0.25, 0.3) is 5.91 Å². The molecule has 0 bridgehead atoms. The molecule has 1 atom stereocenters. The highest BCUT2D eigenvalue weighted by Gasteiger charge is 2.55. The summed E-state index contributed by atoms with van der Waals surface area (Å²) >= 11 is 0. The highest BCUT2D eigenvalue weighted by molar-refractivity contribution is 5.86. The molecule has 0 rings (SSSR count). The van der Waals surface area contributed by atoms with Gasteiger partial charge in [0, 0.05) is 13.6 Å². The molecule has 0 saturated carbocycles. The van der Waals surface area contributed by atoms with Crippen molar-refractivity contribution >= 4 is 5.91 Å². The Kier molecular flexibility index (Phi) is 4.44. The smallest absolute Gasteiger partial charge is 0.344 e. The zero-order chi connectivity index (χ0) is 14.1. The molecule has 0 aromatic heterocycles. The van der Waals surface area contributed by atoms with E-state index in [9.17, 15) is 31.1 Å². The number of nitrogens with zero attached hydrogens (tertiary/aromatic N) is 1. The van der Waals surface area contributed by atoms with Gasteiger partial charge in [0.15, 0.2) is 5.54 Å². The summed E-state index contributed by atoms with van der Waals surface area (Å²) in [5, 5.41) is 0. The minimum atomic E-state index is -5.02. The number of hydrogen-bond donors (Lipinski definition) is 1.